The van der Waals surface area contributed by atoms with Gasteiger partial charge in [-0.1, -0.05) is 18.2 Å². The molecule has 4 heteroatoms. The lowest BCUT2D eigenvalue weighted by Gasteiger charge is -2.42. The zero-order valence-electron chi connectivity index (χ0n) is 11.0. The summed E-state index contributed by atoms with van der Waals surface area (Å²) in [5.41, 5.74) is 1.77. The Morgan fingerprint density at radius 2 is 2.21 bits per heavy atom. The van der Waals surface area contributed by atoms with Gasteiger partial charge in [0.15, 0.2) is 0 Å². The van der Waals surface area contributed by atoms with Gasteiger partial charge >= 0.3 is 0 Å². The van der Waals surface area contributed by atoms with Gasteiger partial charge in [-0.3, -0.25) is 4.79 Å². The van der Waals surface area contributed by atoms with Crippen molar-refractivity contribution in [3.05, 3.63) is 29.8 Å². The molecule has 4 nitrogen and oxygen atoms in total. The van der Waals surface area contributed by atoms with Crippen LogP contribution in [-0.4, -0.2) is 29.7 Å². The number of aliphatic hydroxyl groups is 1. The molecular weight excluding hydrogens is 240 g/mol. The number of rotatable bonds is 3. The number of benzene rings is 1. The van der Waals surface area contributed by atoms with Crippen LogP contribution in [-0.2, 0) is 4.79 Å². The van der Waals surface area contributed by atoms with Crippen LogP contribution in [0.25, 0.3) is 0 Å². The monoisotopic (exact) mass is 260 g/mol. The summed E-state index contributed by atoms with van der Waals surface area (Å²) in [5, 5.41) is 15.8. The topological polar surface area (TPSA) is 61.4 Å². The lowest BCUT2D eigenvalue weighted by atomic mass is 9.76. The zero-order chi connectivity index (χ0) is 13.3. The van der Waals surface area contributed by atoms with Crippen LogP contribution in [0.5, 0.6) is 0 Å². The van der Waals surface area contributed by atoms with Gasteiger partial charge in [-0.25, -0.2) is 0 Å². The molecule has 1 aromatic rings. The molecular formula is C15H20N2O2. The zero-order valence-corrected chi connectivity index (χ0v) is 11.0. The smallest absolute Gasteiger partial charge is 0.228 e. The van der Waals surface area contributed by atoms with Gasteiger partial charge in [-0.05, 0) is 37.3 Å². The van der Waals surface area contributed by atoms with E-state index in [0.717, 1.165) is 43.5 Å². The number of carbonyl (C=O) groups excluding carboxylic acids is 1. The van der Waals surface area contributed by atoms with E-state index in [-0.39, 0.29) is 24.0 Å². The largest absolute Gasteiger partial charge is 0.394 e. The van der Waals surface area contributed by atoms with Crippen molar-refractivity contribution in [1.29, 1.82) is 0 Å². The fourth-order valence-corrected chi connectivity index (χ4v) is 3.02. The molecule has 1 aliphatic heterocycles. The lowest BCUT2D eigenvalue weighted by Crippen LogP contribution is -2.57. The van der Waals surface area contributed by atoms with Crippen LogP contribution in [0.3, 0.4) is 0 Å². The highest BCUT2D eigenvalue weighted by Crippen LogP contribution is 2.35. The van der Waals surface area contributed by atoms with Crippen molar-refractivity contribution in [3.8, 4) is 0 Å². The van der Waals surface area contributed by atoms with Crippen LogP contribution in [0.15, 0.2) is 24.3 Å². The Hall–Kier alpha value is -1.55. The number of aliphatic hydroxyl groups excluding tert-OH is 1. The number of amides is 1. The number of nitrogens with one attached hydrogen (secondary N) is 2. The Kier molecular flexibility index (Phi) is 3.19. The van der Waals surface area contributed by atoms with E-state index in [9.17, 15) is 9.90 Å². The predicted molar refractivity (Wildman–Crippen MR) is 74.1 cm³/mol. The molecule has 19 heavy (non-hydrogen) atoms. The van der Waals surface area contributed by atoms with E-state index < -0.39 is 0 Å². The Bertz CT molecular complexity index is 477. The number of hydrogen-bond donors (Lipinski definition) is 3. The first-order valence-electron chi connectivity index (χ1n) is 7.00. The van der Waals surface area contributed by atoms with Crippen LogP contribution < -0.4 is 10.6 Å². The first-order chi connectivity index (χ1) is 9.24. The van der Waals surface area contributed by atoms with Crippen molar-refractivity contribution in [2.75, 3.05) is 18.5 Å². The highest BCUT2D eigenvalue weighted by molar-refractivity contribution is 5.87. The fourth-order valence-electron chi connectivity index (χ4n) is 3.02. The number of para-hydroxylation sites is 1. The summed E-state index contributed by atoms with van der Waals surface area (Å²) in [7, 11) is 0. The molecule has 0 radical (unpaired) electrons. The van der Waals surface area contributed by atoms with Crippen molar-refractivity contribution in [1.82, 2.24) is 5.32 Å². The van der Waals surface area contributed by atoms with Crippen LogP contribution in [0.4, 0.5) is 5.69 Å². The fraction of sp³-hybridized carbons (Fsp3) is 0.533. The maximum atomic E-state index is 12.5. The van der Waals surface area contributed by atoms with Gasteiger partial charge in [-0.2, -0.15) is 0 Å². The van der Waals surface area contributed by atoms with E-state index in [4.69, 9.17) is 0 Å². The predicted octanol–water partition coefficient (Wildman–Crippen LogP) is 1.62. The highest BCUT2D eigenvalue weighted by Gasteiger charge is 2.39. The highest BCUT2D eigenvalue weighted by atomic mass is 16.3. The van der Waals surface area contributed by atoms with E-state index in [2.05, 4.69) is 10.6 Å². The number of fused-ring (bicyclic) bond motifs is 1. The Labute approximate surface area is 113 Å². The summed E-state index contributed by atoms with van der Waals surface area (Å²) in [4.78, 5) is 12.5. The summed E-state index contributed by atoms with van der Waals surface area (Å²) in [6.45, 7) is 0.868. The first-order valence-corrected chi connectivity index (χ1v) is 7.00. The molecule has 3 N–H and O–H groups in total. The van der Waals surface area contributed by atoms with Crippen LogP contribution in [0, 0.1) is 0 Å². The number of anilines is 1. The van der Waals surface area contributed by atoms with Gasteiger partial charge in [0.2, 0.25) is 5.91 Å². The summed E-state index contributed by atoms with van der Waals surface area (Å²) in [6.07, 6.45) is 3.68. The van der Waals surface area contributed by atoms with Gasteiger partial charge in [0.05, 0.1) is 18.1 Å². The lowest BCUT2D eigenvalue weighted by molar-refractivity contribution is -0.126. The number of hydrogen-bond acceptors (Lipinski definition) is 3. The molecule has 1 unspecified atom stereocenters. The van der Waals surface area contributed by atoms with E-state index in [1.165, 1.54) is 0 Å². The van der Waals surface area contributed by atoms with Gasteiger partial charge < -0.3 is 15.7 Å². The Morgan fingerprint density at radius 3 is 2.89 bits per heavy atom. The normalized spacial score (nSPS) is 23.7. The molecule has 1 amide bonds. The van der Waals surface area contributed by atoms with Crippen LogP contribution >= 0.6 is 0 Å². The molecule has 0 aromatic heterocycles. The van der Waals surface area contributed by atoms with Gasteiger partial charge in [0, 0.05) is 12.2 Å². The third kappa shape index (κ3) is 2.21. The first kappa shape index (κ1) is 12.5. The molecule has 1 aromatic carbocycles. The maximum absolute atomic E-state index is 12.5. The van der Waals surface area contributed by atoms with E-state index in [1.54, 1.807) is 0 Å². The average molecular weight is 260 g/mol. The van der Waals surface area contributed by atoms with Crippen molar-refractivity contribution >= 4 is 11.6 Å². The van der Waals surface area contributed by atoms with Crippen molar-refractivity contribution in [2.45, 2.75) is 37.1 Å². The van der Waals surface area contributed by atoms with Gasteiger partial charge in [0.25, 0.3) is 0 Å². The van der Waals surface area contributed by atoms with E-state index in [0.29, 0.717) is 0 Å². The molecule has 0 saturated heterocycles. The Balaban J connectivity index is 1.78. The van der Waals surface area contributed by atoms with Gasteiger partial charge in [-0.15, -0.1) is 0 Å². The molecule has 2 aliphatic rings. The second-order valence-electron chi connectivity index (χ2n) is 5.64. The average Bonchev–Trinajstić information content (AvgIpc) is 2.42. The second-order valence-corrected chi connectivity index (χ2v) is 5.64. The van der Waals surface area contributed by atoms with Crippen molar-refractivity contribution < 1.29 is 9.90 Å². The standard InChI is InChI=1S/C15H20N2O2/c18-10-15(7-3-8-15)17-14(19)12-6-9-16-13-5-2-1-4-11(12)13/h1-2,4-5,12,16,18H,3,6-10H2,(H,17,19). The molecule has 1 heterocycles. The van der Waals surface area contributed by atoms with Gasteiger partial charge in [0.1, 0.15) is 0 Å². The minimum Gasteiger partial charge on any atom is -0.394 e. The second kappa shape index (κ2) is 4.85. The molecule has 102 valence electrons. The minimum absolute atomic E-state index is 0.0470. The molecule has 3 rings (SSSR count). The van der Waals surface area contributed by atoms with Crippen molar-refractivity contribution in [3.63, 3.8) is 0 Å². The molecule has 1 aliphatic carbocycles. The minimum atomic E-state index is -0.350. The van der Waals surface area contributed by atoms with E-state index in [1.807, 2.05) is 24.3 Å². The SMILES string of the molecule is O=C(NC1(CO)CCC1)C1CCNc2ccccc21. The van der Waals surface area contributed by atoms with Crippen molar-refractivity contribution in [2.24, 2.45) is 0 Å². The molecule has 1 saturated carbocycles. The summed E-state index contributed by atoms with van der Waals surface area (Å²) in [6, 6.07) is 7.97. The number of carbonyl (C=O) groups is 1. The summed E-state index contributed by atoms with van der Waals surface area (Å²) in [5.74, 6) is -0.0378. The quantitative estimate of drug-likeness (QED) is 0.774. The van der Waals surface area contributed by atoms with Crippen LogP contribution in [0.1, 0.15) is 37.2 Å². The third-order valence-electron chi connectivity index (χ3n) is 4.40. The summed E-state index contributed by atoms with van der Waals surface area (Å²) < 4.78 is 0. The Morgan fingerprint density at radius 1 is 1.42 bits per heavy atom. The molecule has 1 atom stereocenters. The van der Waals surface area contributed by atoms with Crippen LogP contribution in [0.2, 0.25) is 0 Å². The molecule has 0 bridgehead atoms. The molecule has 1 fully saturated rings. The molecule has 0 spiro atoms. The maximum Gasteiger partial charge on any atom is 0.228 e. The van der Waals surface area contributed by atoms with E-state index >= 15 is 0 Å². The summed E-state index contributed by atoms with van der Waals surface area (Å²) >= 11 is 0. The third-order valence-corrected chi connectivity index (χ3v) is 4.40.